The molecule has 0 bridgehead atoms. The van der Waals surface area contributed by atoms with Crippen molar-refractivity contribution < 1.29 is 13.9 Å². The molecule has 0 aliphatic heterocycles. The number of fused-ring (bicyclic) bond motifs is 2. The van der Waals surface area contributed by atoms with Crippen molar-refractivity contribution in [2.45, 2.75) is 13.3 Å². The predicted octanol–water partition coefficient (Wildman–Crippen LogP) is 4.82. The maximum absolute atomic E-state index is 13.5. The summed E-state index contributed by atoms with van der Waals surface area (Å²) >= 11 is 1.40. The van der Waals surface area contributed by atoms with Crippen molar-refractivity contribution in [1.82, 2.24) is 9.88 Å². The molecule has 4 rings (SSSR count). The summed E-state index contributed by atoms with van der Waals surface area (Å²) in [6.45, 7) is 3.74. The van der Waals surface area contributed by atoms with E-state index in [0.717, 1.165) is 28.9 Å². The fraction of sp³-hybridized carbons (Fsp3) is 0.292. The zero-order valence-corrected chi connectivity index (χ0v) is 20.4. The van der Waals surface area contributed by atoms with Crippen LogP contribution in [-0.4, -0.2) is 49.6 Å². The average Bonchev–Trinajstić information content (AvgIpc) is 3.19. The molecule has 0 spiro atoms. The molecule has 0 radical (unpaired) electrons. The zero-order valence-electron chi connectivity index (χ0n) is 18.7. The van der Waals surface area contributed by atoms with E-state index >= 15 is 0 Å². The first kappa shape index (κ1) is 24.7. The molecule has 7 nitrogen and oxygen atoms in total. The Hall–Kier alpha value is -2.94. The van der Waals surface area contributed by atoms with Gasteiger partial charge in [0.2, 0.25) is 0 Å². The van der Waals surface area contributed by atoms with Gasteiger partial charge in [0.25, 0.3) is 5.91 Å². The first-order valence-electron chi connectivity index (χ1n) is 10.5. The van der Waals surface area contributed by atoms with E-state index in [1.54, 1.807) is 23.1 Å². The monoisotopic (exact) mass is 487 g/mol. The quantitative estimate of drug-likeness (QED) is 0.331. The van der Waals surface area contributed by atoms with E-state index in [1.807, 2.05) is 51.4 Å². The van der Waals surface area contributed by atoms with Crippen molar-refractivity contribution in [1.29, 1.82) is 0 Å². The summed E-state index contributed by atoms with van der Waals surface area (Å²) < 4.78 is 11.9. The highest BCUT2D eigenvalue weighted by molar-refractivity contribution is 7.22. The predicted molar refractivity (Wildman–Crippen MR) is 135 cm³/mol. The molecule has 2 heterocycles. The number of nitrogens with zero attached hydrogens (tertiary/aromatic N) is 3. The molecule has 0 unspecified atom stereocenters. The minimum absolute atomic E-state index is 0. The summed E-state index contributed by atoms with van der Waals surface area (Å²) in [5.74, 6) is 0.350. The van der Waals surface area contributed by atoms with Gasteiger partial charge in [0.15, 0.2) is 5.13 Å². The van der Waals surface area contributed by atoms with Gasteiger partial charge in [-0.1, -0.05) is 29.5 Å². The van der Waals surface area contributed by atoms with Crippen LogP contribution in [0, 0.1) is 0 Å². The first-order chi connectivity index (χ1) is 15.5. The normalized spacial score (nSPS) is 11.0. The maximum Gasteiger partial charge on any atom is 0.349 e. The van der Waals surface area contributed by atoms with Crippen LogP contribution in [0.5, 0.6) is 5.75 Å². The van der Waals surface area contributed by atoms with Crippen LogP contribution < -0.4 is 15.3 Å². The maximum atomic E-state index is 13.5. The smallest absolute Gasteiger partial charge is 0.349 e. The van der Waals surface area contributed by atoms with Gasteiger partial charge in [-0.15, -0.1) is 12.4 Å². The number of rotatable bonds is 8. The van der Waals surface area contributed by atoms with Crippen molar-refractivity contribution in [3.63, 3.8) is 0 Å². The molecule has 0 atom stereocenters. The number of para-hydroxylation sites is 1. The fourth-order valence-corrected chi connectivity index (χ4v) is 4.47. The van der Waals surface area contributed by atoms with E-state index in [4.69, 9.17) is 9.15 Å². The Morgan fingerprint density at radius 3 is 2.67 bits per heavy atom. The number of hydrogen-bond acceptors (Lipinski definition) is 7. The van der Waals surface area contributed by atoms with Gasteiger partial charge >= 0.3 is 5.63 Å². The summed E-state index contributed by atoms with van der Waals surface area (Å²) in [5.41, 5.74) is 0.593. The number of carbonyl (C=O) groups excluding carboxylic acids is 1. The number of hydrogen-bond donors (Lipinski definition) is 0. The highest BCUT2D eigenvalue weighted by Crippen LogP contribution is 2.32. The lowest BCUT2D eigenvalue weighted by Gasteiger charge is -2.20. The standard InChI is InChI=1S/C24H25N3O4S.ClH/c1-4-30-17-10-11-19-21(15-17)32-24(25-19)27(13-7-12-26(2)3)22(28)18-14-16-8-5-6-9-20(16)31-23(18)29;/h5-6,8-11,14-15H,4,7,12-13H2,1-3H3;1H. The molecule has 2 aromatic carbocycles. The van der Waals surface area contributed by atoms with Crippen LogP contribution in [-0.2, 0) is 0 Å². The van der Waals surface area contributed by atoms with Crippen molar-refractivity contribution >= 4 is 56.0 Å². The largest absolute Gasteiger partial charge is 0.494 e. The molecule has 0 N–H and O–H groups in total. The van der Waals surface area contributed by atoms with Gasteiger partial charge in [-0.05, 0) is 64.3 Å². The molecule has 4 aromatic rings. The SMILES string of the molecule is CCOc1ccc2nc(N(CCCN(C)C)C(=O)c3cc4ccccc4oc3=O)sc2c1.Cl. The number of anilines is 1. The molecule has 0 saturated heterocycles. The van der Waals surface area contributed by atoms with Gasteiger partial charge in [0, 0.05) is 11.9 Å². The number of benzene rings is 2. The van der Waals surface area contributed by atoms with Crippen molar-refractivity contribution in [3.05, 3.63) is 64.5 Å². The van der Waals surface area contributed by atoms with Gasteiger partial charge in [0.05, 0.1) is 16.8 Å². The minimum Gasteiger partial charge on any atom is -0.494 e. The van der Waals surface area contributed by atoms with Crippen molar-refractivity contribution in [2.24, 2.45) is 0 Å². The number of halogens is 1. The van der Waals surface area contributed by atoms with Crippen LogP contribution in [0.3, 0.4) is 0 Å². The third-order valence-electron chi connectivity index (χ3n) is 4.99. The molecular formula is C24H26ClN3O4S. The van der Waals surface area contributed by atoms with Crippen molar-refractivity contribution in [3.8, 4) is 5.75 Å². The summed E-state index contributed by atoms with van der Waals surface area (Å²) in [4.78, 5) is 34.5. The lowest BCUT2D eigenvalue weighted by atomic mass is 10.1. The molecule has 174 valence electrons. The Kier molecular flexibility index (Phi) is 8.07. The Labute approximate surface area is 202 Å². The van der Waals surface area contributed by atoms with Gasteiger partial charge < -0.3 is 14.1 Å². The summed E-state index contributed by atoms with van der Waals surface area (Å²) in [6.07, 6.45) is 0.734. The van der Waals surface area contributed by atoms with Crippen molar-refractivity contribution in [2.75, 3.05) is 38.7 Å². The molecule has 1 amide bonds. The van der Waals surface area contributed by atoms with Gasteiger partial charge in [-0.3, -0.25) is 9.69 Å². The van der Waals surface area contributed by atoms with Crippen LogP contribution in [0.4, 0.5) is 5.13 Å². The van der Waals surface area contributed by atoms with Gasteiger partial charge in [-0.25, -0.2) is 9.78 Å². The third kappa shape index (κ3) is 5.52. The van der Waals surface area contributed by atoms with E-state index in [2.05, 4.69) is 9.88 Å². The molecule has 33 heavy (non-hydrogen) atoms. The van der Waals surface area contributed by atoms with Crippen LogP contribution in [0.15, 0.2) is 57.7 Å². The highest BCUT2D eigenvalue weighted by atomic mass is 35.5. The molecule has 0 saturated carbocycles. The second kappa shape index (κ2) is 10.8. The number of ether oxygens (including phenoxy) is 1. The van der Waals surface area contributed by atoms with E-state index in [-0.39, 0.29) is 18.0 Å². The molecular weight excluding hydrogens is 462 g/mol. The lowest BCUT2D eigenvalue weighted by molar-refractivity contribution is 0.0982. The number of carbonyl (C=O) groups is 1. The van der Waals surface area contributed by atoms with E-state index in [0.29, 0.717) is 29.3 Å². The van der Waals surface area contributed by atoms with Crippen LogP contribution >= 0.6 is 23.7 Å². The topological polar surface area (TPSA) is 75.9 Å². The second-order valence-corrected chi connectivity index (χ2v) is 8.67. The summed E-state index contributed by atoms with van der Waals surface area (Å²) in [5, 5.41) is 1.25. The van der Waals surface area contributed by atoms with E-state index in [9.17, 15) is 9.59 Å². The molecule has 0 aliphatic rings. The summed E-state index contributed by atoms with van der Waals surface area (Å²) in [7, 11) is 3.97. The minimum atomic E-state index is -0.647. The molecule has 0 aliphatic carbocycles. The van der Waals surface area contributed by atoms with Gasteiger partial charge in [-0.2, -0.15) is 0 Å². The average molecular weight is 488 g/mol. The van der Waals surface area contributed by atoms with E-state index < -0.39 is 11.5 Å². The van der Waals surface area contributed by atoms with Crippen LogP contribution in [0.1, 0.15) is 23.7 Å². The Morgan fingerprint density at radius 2 is 1.91 bits per heavy atom. The lowest BCUT2D eigenvalue weighted by Crippen LogP contribution is -2.36. The Bertz CT molecular complexity index is 1320. The molecule has 0 fully saturated rings. The Balaban J connectivity index is 0.00000306. The van der Waals surface area contributed by atoms with Crippen LogP contribution in [0.25, 0.3) is 21.2 Å². The zero-order chi connectivity index (χ0) is 22.7. The Morgan fingerprint density at radius 1 is 1.12 bits per heavy atom. The third-order valence-corrected chi connectivity index (χ3v) is 6.04. The van der Waals surface area contributed by atoms with Gasteiger partial charge in [0.1, 0.15) is 16.9 Å². The van der Waals surface area contributed by atoms with E-state index in [1.165, 1.54) is 11.3 Å². The fourth-order valence-electron chi connectivity index (χ4n) is 3.45. The number of amides is 1. The number of aromatic nitrogens is 1. The molecule has 9 heteroatoms. The highest BCUT2D eigenvalue weighted by Gasteiger charge is 2.25. The number of thiazole rings is 1. The summed E-state index contributed by atoms with van der Waals surface area (Å²) in [6, 6.07) is 14.4. The second-order valence-electron chi connectivity index (χ2n) is 7.66. The molecule has 2 aromatic heterocycles. The first-order valence-corrected chi connectivity index (χ1v) is 11.3. The van der Waals surface area contributed by atoms with Crippen LogP contribution in [0.2, 0.25) is 0 Å².